The lowest BCUT2D eigenvalue weighted by molar-refractivity contribution is -0.129. The second kappa shape index (κ2) is 7.23. The molecule has 1 aromatic heterocycles. The van der Waals surface area contributed by atoms with Crippen molar-refractivity contribution in [3.8, 4) is 11.3 Å². The molecule has 0 radical (unpaired) electrons. The zero-order valence-electron chi connectivity index (χ0n) is 13.6. The molecule has 1 N–H and O–H groups in total. The quantitative estimate of drug-likeness (QED) is 0.904. The first kappa shape index (κ1) is 17.4. The van der Waals surface area contributed by atoms with Crippen molar-refractivity contribution < 1.29 is 18.5 Å². The number of nitrogens with zero attached hydrogens (tertiary/aromatic N) is 2. The van der Waals surface area contributed by atoms with E-state index in [2.05, 4.69) is 10.5 Å². The van der Waals surface area contributed by atoms with Crippen molar-refractivity contribution >= 4 is 23.4 Å². The van der Waals surface area contributed by atoms with Gasteiger partial charge in [0.05, 0.1) is 17.1 Å². The first-order valence-electron chi connectivity index (χ1n) is 7.95. The highest BCUT2D eigenvalue weighted by Crippen LogP contribution is 2.33. The number of halogens is 2. The molecule has 132 valence electrons. The molecule has 0 atom stereocenters. The number of rotatable bonds is 4. The molecule has 1 saturated heterocycles. The standard InChI is InChI=1S/C17H17ClFN3O3/c1-10-14(17(24)20-9-13(23)22-7-2-3-8-22)16(21-25-10)15-11(18)5-4-6-12(15)19/h4-6H,2-3,7-9H2,1H3,(H,20,24). The number of amides is 2. The fourth-order valence-corrected chi connectivity index (χ4v) is 3.11. The van der Waals surface area contributed by atoms with Crippen LogP contribution in [0.25, 0.3) is 11.3 Å². The van der Waals surface area contributed by atoms with E-state index in [-0.39, 0.29) is 40.1 Å². The number of aromatic nitrogens is 1. The van der Waals surface area contributed by atoms with Crippen LogP contribution >= 0.6 is 11.6 Å². The molecular formula is C17H17ClFN3O3. The molecule has 1 fully saturated rings. The van der Waals surface area contributed by atoms with Crippen LogP contribution in [-0.2, 0) is 4.79 Å². The number of likely N-dealkylation sites (tertiary alicyclic amines) is 1. The smallest absolute Gasteiger partial charge is 0.257 e. The van der Waals surface area contributed by atoms with Crippen LogP contribution in [0.5, 0.6) is 0 Å². The predicted octanol–water partition coefficient (Wildman–Crippen LogP) is 2.79. The van der Waals surface area contributed by atoms with Gasteiger partial charge < -0.3 is 14.7 Å². The van der Waals surface area contributed by atoms with Gasteiger partial charge in [0.25, 0.3) is 5.91 Å². The van der Waals surface area contributed by atoms with E-state index in [0.29, 0.717) is 13.1 Å². The largest absolute Gasteiger partial charge is 0.360 e. The van der Waals surface area contributed by atoms with Gasteiger partial charge >= 0.3 is 0 Å². The van der Waals surface area contributed by atoms with E-state index in [1.54, 1.807) is 11.8 Å². The van der Waals surface area contributed by atoms with Crippen molar-refractivity contribution in [2.75, 3.05) is 19.6 Å². The highest BCUT2D eigenvalue weighted by atomic mass is 35.5. The summed E-state index contributed by atoms with van der Waals surface area (Å²) >= 11 is 6.05. The average Bonchev–Trinajstić information content (AvgIpc) is 3.22. The van der Waals surface area contributed by atoms with E-state index in [4.69, 9.17) is 16.1 Å². The van der Waals surface area contributed by atoms with Crippen LogP contribution in [-0.4, -0.2) is 41.5 Å². The van der Waals surface area contributed by atoms with Gasteiger partial charge in [0.2, 0.25) is 5.91 Å². The van der Waals surface area contributed by atoms with Gasteiger partial charge in [-0.05, 0) is 31.9 Å². The van der Waals surface area contributed by atoms with Gasteiger partial charge in [-0.3, -0.25) is 9.59 Å². The monoisotopic (exact) mass is 365 g/mol. The van der Waals surface area contributed by atoms with Crippen LogP contribution in [0.2, 0.25) is 5.02 Å². The molecular weight excluding hydrogens is 349 g/mol. The summed E-state index contributed by atoms with van der Waals surface area (Å²) < 4.78 is 19.2. The Balaban J connectivity index is 1.81. The summed E-state index contributed by atoms with van der Waals surface area (Å²) in [5.74, 6) is -1.09. The molecule has 8 heteroatoms. The van der Waals surface area contributed by atoms with Crippen LogP contribution in [0.15, 0.2) is 22.7 Å². The van der Waals surface area contributed by atoms with E-state index in [9.17, 15) is 14.0 Å². The van der Waals surface area contributed by atoms with E-state index in [1.165, 1.54) is 18.2 Å². The molecule has 0 bridgehead atoms. The number of carbonyl (C=O) groups excluding carboxylic acids is 2. The third kappa shape index (κ3) is 3.51. The molecule has 2 heterocycles. The van der Waals surface area contributed by atoms with Gasteiger partial charge in [-0.2, -0.15) is 0 Å². The van der Waals surface area contributed by atoms with Gasteiger partial charge in [0.1, 0.15) is 22.8 Å². The number of benzene rings is 1. The molecule has 1 aromatic carbocycles. The van der Waals surface area contributed by atoms with E-state index in [1.807, 2.05) is 0 Å². The molecule has 6 nitrogen and oxygen atoms in total. The lowest BCUT2D eigenvalue weighted by Gasteiger charge is -2.15. The van der Waals surface area contributed by atoms with Crippen molar-refractivity contribution in [2.45, 2.75) is 19.8 Å². The predicted molar refractivity (Wildman–Crippen MR) is 89.8 cm³/mol. The van der Waals surface area contributed by atoms with Crippen LogP contribution in [0.4, 0.5) is 4.39 Å². The van der Waals surface area contributed by atoms with Crippen molar-refractivity contribution in [3.05, 3.63) is 40.4 Å². The lowest BCUT2D eigenvalue weighted by Crippen LogP contribution is -2.38. The van der Waals surface area contributed by atoms with E-state index >= 15 is 0 Å². The van der Waals surface area contributed by atoms with E-state index in [0.717, 1.165) is 12.8 Å². The molecule has 2 aromatic rings. The maximum Gasteiger partial charge on any atom is 0.257 e. The van der Waals surface area contributed by atoms with Gasteiger partial charge in [-0.25, -0.2) is 4.39 Å². The topological polar surface area (TPSA) is 75.4 Å². The highest BCUT2D eigenvalue weighted by Gasteiger charge is 2.26. The van der Waals surface area contributed by atoms with Gasteiger partial charge in [0, 0.05) is 13.1 Å². The Morgan fingerprint density at radius 2 is 2.08 bits per heavy atom. The molecule has 1 aliphatic heterocycles. The Labute approximate surface area is 148 Å². The minimum Gasteiger partial charge on any atom is -0.360 e. The maximum atomic E-state index is 14.1. The third-order valence-corrected chi connectivity index (χ3v) is 4.46. The number of aryl methyl sites for hydroxylation is 1. The molecule has 0 spiro atoms. The minimum absolute atomic E-state index is 0.00274. The summed E-state index contributed by atoms with van der Waals surface area (Å²) in [6.45, 7) is 2.82. The molecule has 3 rings (SSSR count). The Bertz CT molecular complexity index is 795. The molecule has 25 heavy (non-hydrogen) atoms. The Hall–Kier alpha value is -2.41. The molecule has 1 aliphatic rings. The van der Waals surface area contributed by atoms with Crippen LogP contribution in [0, 0.1) is 12.7 Å². The lowest BCUT2D eigenvalue weighted by atomic mass is 10.0. The normalized spacial score (nSPS) is 14.0. The average molecular weight is 366 g/mol. The SMILES string of the molecule is Cc1onc(-c2c(F)cccc2Cl)c1C(=O)NCC(=O)N1CCCC1. The molecule has 0 unspecified atom stereocenters. The zero-order chi connectivity index (χ0) is 18.0. The number of nitrogens with one attached hydrogen (secondary N) is 1. The van der Waals surface area contributed by atoms with Gasteiger partial charge in [-0.1, -0.05) is 22.8 Å². The highest BCUT2D eigenvalue weighted by molar-refractivity contribution is 6.33. The fraction of sp³-hybridized carbons (Fsp3) is 0.353. The Kier molecular flexibility index (Phi) is 5.03. The van der Waals surface area contributed by atoms with Crippen LogP contribution in [0.3, 0.4) is 0 Å². The Morgan fingerprint density at radius 1 is 1.36 bits per heavy atom. The summed E-state index contributed by atoms with van der Waals surface area (Å²) in [4.78, 5) is 26.3. The molecule has 2 amide bonds. The maximum absolute atomic E-state index is 14.1. The van der Waals surface area contributed by atoms with Crippen molar-refractivity contribution in [1.29, 1.82) is 0 Å². The second-order valence-corrected chi connectivity index (χ2v) is 6.24. The first-order valence-corrected chi connectivity index (χ1v) is 8.33. The van der Waals surface area contributed by atoms with Crippen LogP contribution < -0.4 is 5.32 Å². The number of hydrogen-bond donors (Lipinski definition) is 1. The summed E-state index contributed by atoms with van der Waals surface area (Å²) in [5.41, 5.74) is 0.0879. The van der Waals surface area contributed by atoms with Gasteiger partial charge in [0.15, 0.2) is 0 Å². The van der Waals surface area contributed by atoms with Crippen LogP contribution in [0.1, 0.15) is 29.0 Å². The van der Waals surface area contributed by atoms with Crippen molar-refractivity contribution in [1.82, 2.24) is 15.4 Å². The number of carbonyl (C=O) groups is 2. The van der Waals surface area contributed by atoms with Crippen molar-refractivity contribution in [2.24, 2.45) is 0 Å². The Morgan fingerprint density at radius 3 is 2.76 bits per heavy atom. The summed E-state index contributed by atoms with van der Waals surface area (Å²) in [6.07, 6.45) is 1.95. The van der Waals surface area contributed by atoms with Gasteiger partial charge in [-0.15, -0.1) is 0 Å². The third-order valence-electron chi connectivity index (χ3n) is 4.15. The zero-order valence-corrected chi connectivity index (χ0v) is 14.4. The summed E-state index contributed by atoms with van der Waals surface area (Å²) in [5, 5.41) is 6.45. The summed E-state index contributed by atoms with van der Waals surface area (Å²) in [7, 11) is 0. The van der Waals surface area contributed by atoms with E-state index < -0.39 is 11.7 Å². The minimum atomic E-state index is -0.608. The number of hydrogen-bond acceptors (Lipinski definition) is 4. The molecule has 0 aliphatic carbocycles. The van der Waals surface area contributed by atoms with Crippen molar-refractivity contribution in [3.63, 3.8) is 0 Å². The first-order chi connectivity index (χ1) is 12.0. The summed E-state index contributed by atoms with van der Waals surface area (Å²) in [6, 6.07) is 4.19. The molecule has 0 saturated carbocycles. The second-order valence-electron chi connectivity index (χ2n) is 5.83. The fourth-order valence-electron chi connectivity index (χ4n) is 2.86.